The molecule has 0 aliphatic heterocycles. The molecule has 2 aromatic rings. The van der Waals surface area contributed by atoms with Gasteiger partial charge in [0.25, 0.3) is 0 Å². The molecule has 7 N–H and O–H groups in total. The maximum absolute atomic E-state index is 14.4. The molecule has 10 nitrogen and oxygen atoms in total. The molecule has 2 saturated carbocycles. The summed E-state index contributed by atoms with van der Waals surface area (Å²) in [5.41, 5.74) is 0.860. The van der Waals surface area contributed by atoms with Crippen LogP contribution in [0.4, 0.5) is 0 Å². The van der Waals surface area contributed by atoms with Gasteiger partial charge in [-0.3, -0.25) is 19.2 Å². The molecule has 2 aromatic carbocycles. The Morgan fingerprint density at radius 1 is 0.977 bits per heavy atom. The normalized spacial score (nSPS) is 38.7. The van der Waals surface area contributed by atoms with Crippen LogP contribution in [0.1, 0.15) is 73.7 Å². The summed E-state index contributed by atoms with van der Waals surface area (Å²) in [5, 5.41) is 59.3. The quantitative estimate of drug-likeness (QED) is 0.227. The number of aliphatic hydroxyl groups excluding tert-OH is 3. The highest BCUT2D eigenvalue weighted by Crippen LogP contribution is 2.68. The molecule has 230 valence electrons. The predicted octanol–water partition coefficient (Wildman–Crippen LogP) is 1.97. The van der Waals surface area contributed by atoms with E-state index in [9.17, 15) is 44.7 Å². The van der Waals surface area contributed by atoms with Crippen LogP contribution < -0.4 is 5.73 Å². The first-order chi connectivity index (χ1) is 19.9. The van der Waals surface area contributed by atoms with E-state index in [1.807, 2.05) is 0 Å². The number of nitrogens with two attached hydrogens (primary N) is 1. The van der Waals surface area contributed by atoms with Crippen LogP contribution in [0.15, 0.2) is 36.4 Å². The molecule has 3 aliphatic carbocycles. The minimum absolute atomic E-state index is 0.114. The van der Waals surface area contributed by atoms with Crippen molar-refractivity contribution in [3.63, 3.8) is 0 Å². The number of primary amides is 1. The molecule has 2 fully saturated rings. The minimum atomic E-state index is -2.84. The highest BCUT2D eigenvalue weighted by Gasteiger charge is 2.80. The average Bonchev–Trinajstić information content (AvgIpc) is 2.93. The van der Waals surface area contributed by atoms with Crippen LogP contribution in [-0.2, 0) is 9.59 Å². The summed E-state index contributed by atoms with van der Waals surface area (Å²) in [4.78, 5) is 52.4. The number of ketones is 3. The Labute approximate surface area is 249 Å². The van der Waals surface area contributed by atoms with Gasteiger partial charge in [0.1, 0.15) is 17.8 Å². The summed E-state index contributed by atoms with van der Waals surface area (Å²) < 4.78 is 0. The zero-order valence-electron chi connectivity index (χ0n) is 25.0. The second-order valence-corrected chi connectivity index (χ2v) is 13.4. The number of Topliss-reactive ketones (excluding diaryl/α,β-unsaturated/α-hetero) is 3. The summed E-state index contributed by atoms with van der Waals surface area (Å²) in [6, 6.07) is 9.76. The summed E-state index contributed by atoms with van der Waals surface area (Å²) in [6.07, 6.45) is -5.40. The summed E-state index contributed by atoms with van der Waals surface area (Å²) >= 11 is 0. The van der Waals surface area contributed by atoms with E-state index in [0.717, 1.165) is 0 Å². The minimum Gasteiger partial charge on any atom is -0.507 e. The number of aliphatic hydroxyl groups is 4. The number of hydrogen-bond donors (Lipinski definition) is 6. The van der Waals surface area contributed by atoms with Gasteiger partial charge in [-0.1, -0.05) is 71.0 Å². The van der Waals surface area contributed by atoms with Crippen molar-refractivity contribution in [2.45, 2.75) is 71.4 Å². The molecule has 5 rings (SSSR count). The number of amides is 1. The Bertz CT molecular complexity index is 1550. The van der Waals surface area contributed by atoms with E-state index in [0.29, 0.717) is 16.7 Å². The van der Waals surface area contributed by atoms with Gasteiger partial charge in [0.15, 0.2) is 23.0 Å². The SMILES string of the molecule is CC(=O)c1ccc(-c2ccc3c(c2O)C(=O)[C@@H]2C(O)[C@@]4(O)C(=O)[C@H](C(N)=O)C(O)[C@H](C(C)C)[C@@]4(C)[C@H](O)[C@@]2(C)[C@@H]3C)cc1. The lowest BCUT2D eigenvalue weighted by atomic mass is 9.36. The molecule has 3 aliphatic rings. The summed E-state index contributed by atoms with van der Waals surface area (Å²) in [6.45, 7) is 9.58. The largest absolute Gasteiger partial charge is 0.507 e. The number of fused-ring (bicyclic) bond motifs is 3. The fourth-order valence-corrected chi connectivity index (χ4v) is 8.88. The third-order valence-electron chi connectivity index (χ3n) is 11.2. The molecular formula is C33H39NO9. The van der Waals surface area contributed by atoms with Crippen LogP contribution in [0.5, 0.6) is 5.75 Å². The zero-order chi connectivity index (χ0) is 32.1. The van der Waals surface area contributed by atoms with Crippen molar-refractivity contribution in [1.82, 2.24) is 0 Å². The highest BCUT2D eigenvalue weighted by atomic mass is 16.4. The Kier molecular flexibility index (Phi) is 7.05. The van der Waals surface area contributed by atoms with Crippen molar-refractivity contribution in [2.75, 3.05) is 0 Å². The lowest BCUT2D eigenvalue weighted by Gasteiger charge is -2.69. The van der Waals surface area contributed by atoms with Crippen LogP contribution in [0.25, 0.3) is 11.1 Å². The van der Waals surface area contributed by atoms with Crippen LogP contribution in [0, 0.1) is 34.5 Å². The number of carbonyl (C=O) groups excluding carboxylic acids is 4. The van der Waals surface area contributed by atoms with Gasteiger partial charge in [-0.05, 0) is 35.8 Å². The average molecular weight is 594 g/mol. The Morgan fingerprint density at radius 2 is 1.56 bits per heavy atom. The van der Waals surface area contributed by atoms with E-state index in [1.165, 1.54) is 13.8 Å². The second-order valence-electron chi connectivity index (χ2n) is 13.4. The smallest absolute Gasteiger partial charge is 0.230 e. The number of rotatable bonds is 4. The topological polar surface area (TPSA) is 195 Å². The molecule has 0 spiro atoms. The van der Waals surface area contributed by atoms with Crippen LogP contribution in [-0.4, -0.2) is 72.7 Å². The van der Waals surface area contributed by atoms with Gasteiger partial charge in [-0.25, -0.2) is 0 Å². The Morgan fingerprint density at radius 3 is 2.07 bits per heavy atom. The number of benzene rings is 2. The molecule has 0 saturated heterocycles. The zero-order valence-corrected chi connectivity index (χ0v) is 25.0. The van der Waals surface area contributed by atoms with Crippen LogP contribution >= 0.6 is 0 Å². The second kappa shape index (κ2) is 9.79. The van der Waals surface area contributed by atoms with E-state index in [1.54, 1.807) is 64.1 Å². The van der Waals surface area contributed by atoms with E-state index in [-0.39, 0.29) is 22.7 Å². The van der Waals surface area contributed by atoms with Crippen molar-refractivity contribution in [1.29, 1.82) is 0 Å². The van der Waals surface area contributed by atoms with Gasteiger partial charge in [-0.15, -0.1) is 0 Å². The Hall–Kier alpha value is -3.44. The molecule has 0 radical (unpaired) electrons. The van der Waals surface area contributed by atoms with Gasteiger partial charge in [-0.2, -0.15) is 0 Å². The summed E-state index contributed by atoms with van der Waals surface area (Å²) in [5.74, 6) is -9.47. The maximum Gasteiger partial charge on any atom is 0.230 e. The van der Waals surface area contributed by atoms with Crippen molar-refractivity contribution >= 4 is 23.3 Å². The van der Waals surface area contributed by atoms with Crippen molar-refractivity contribution in [3.05, 3.63) is 53.1 Å². The number of hydrogen-bond acceptors (Lipinski definition) is 9. The van der Waals surface area contributed by atoms with E-state index in [4.69, 9.17) is 5.73 Å². The highest BCUT2D eigenvalue weighted by molar-refractivity contribution is 6.10. The van der Waals surface area contributed by atoms with Gasteiger partial charge < -0.3 is 31.3 Å². The van der Waals surface area contributed by atoms with E-state index in [2.05, 4.69) is 0 Å². The molecule has 10 atom stereocenters. The lowest BCUT2D eigenvalue weighted by molar-refractivity contribution is -0.306. The van der Waals surface area contributed by atoms with Crippen LogP contribution in [0.3, 0.4) is 0 Å². The first-order valence-electron chi connectivity index (χ1n) is 14.5. The van der Waals surface area contributed by atoms with Gasteiger partial charge in [0.05, 0.1) is 23.7 Å². The molecule has 43 heavy (non-hydrogen) atoms. The Balaban J connectivity index is 1.74. The fraction of sp³-hybridized carbons (Fsp3) is 0.515. The van der Waals surface area contributed by atoms with Crippen molar-refractivity contribution in [3.8, 4) is 16.9 Å². The molecule has 10 heteroatoms. The van der Waals surface area contributed by atoms with Crippen molar-refractivity contribution < 1.29 is 44.7 Å². The van der Waals surface area contributed by atoms with Crippen molar-refractivity contribution in [2.24, 2.45) is 40.2 Å². The monoisotopic (exact) mass is 593 g/mol. The van der Waals surface area contributed by atoms with E-state index >= 15 is 0 Å². The first-order valence-corrected chi connectivity index (χ1v) is 14.5. The van der Waals surface area contributed by atoms with E-state index < -0.39 is 81.8 Å². The van der Waals surface area contributed by atoms with Gasteiger partial charge in [0.2, 0.25) is 5.91 Å². The fourth-order valence-electron chi connectivity index (χ4n) is 8.88. The molecule has 2 unspecified atom stereocenters. The third-order valence-corrected chi connectivity index (χ3v) is 11.2. The molecule has 0 heterocycles. The first kappa shape index (κ1) is 31.0. The predicted molar refractivity (Wildman–Crippen MR) is 155 cm³/mol. The maximum atomic E-state index is 14.4. The standard InChI is InChI=1S/C33H39NO9/c1-13(2)22-26(38)21(29(34)41)27(39)33(43)28(40)23-25(37)20-18(14(3)31(23,5)30(42)32(22,33)6)11-12-19(24(20)36)17-9-7-16(8-10-17)15(4)35/h7-14,21-23,26,28,30,36,38,40,42-43H,1-6H3,(H2,34,41)/t14-,21-,22+,23-,26?,28?,30-,31+,32+,33+/m1/s1. The molecule has 0 bridgehead atoms. The molecular weight excluding hydrogens is 554 g/mol. The van der Waals surface area contributed by atoms with Gasteiger partial charge in [0, 0.05) is 22.0 Å². The number of carbonyl (C=O) groups is 4. The number of phenolic OH excluding ortho intramolecular Hbond substituents is 1. The lowest BCUT2D eigenvalue weighted by Crippen LogP contribution is -2.83. The molecule has 1 amide bonds. The van der Waals surface area contributed by atoms with Gasteiger partial charge >= 0.3 is 0 Å². The number of phenols is 1. The molecule has 0 aromatic heterocycles. The van der Waals surface area contributed by atoms with Crippen LogP contribution in [0.2, 0.25) is 0 Å². The third kappa shape index (κ3) is 3.67. The summed E-state index contributed by atoms with van der Waals surface area (Å²) in [7, 11) is 0. The number of aromatic hydroxyl groups is 1.